The first kappa shape index (κ1) is 13.0. The zero-order valence-corrected chi connectivity index (χ0v) is 10.6. The quantitative estimate of drug-likeness (QED) is 0.873. The summed E-state index contributed by atoms with van der Waals surface area (Å²) in [4.78, 5) is 0. The molecule has 18 heavy (non-hydrogen) atoms. The Morgan fingerprint density at radius 2 is 1.89 bits per heavy atom. The van der Waals surface area contributed by atoms with Gasteiger partial charge in [-0.05, 0) is 41.8 Å². The molecule has 94 valence electrons. The molecule has 4 heteroatoms. The second kappa shape index (κ2) is 5.04. The molecule has 0 atom stereocenters. The van der Waals surface area contributed by atoms with Gasteiger partial charge in [0.25, 0.3) is 0 Å². The first-order chi connectivity index (χ1) is 8.54. The summed E-state index contributed by atoms with van der Waals surface area (Å²) < 4.78 is 27.9. The van der Waals surface area contributed by atoms with Crippen LogP contribution in [0.4, 0.5) is 8.78 Å². The first-order valence-corrected chi connectivity index (χ1v) is 5.86. The molecule has 0 aliphatic heterocycles. The van der Waals surface area contributed by atoms with E-state index in [2.05, 4.69) is 0 Å². The average Bonchev–Trinajstić information content (AvgIpc) is 2.36. The van der Waals surface area contributed by atoms with E-state index in [0.29, 0.717) is 21.7 Å². The molecular weight excluding hydrogens is 256 g/mol. The molecule has 0 saturated carbocycles. The van der Waals surface area contributed by atoms with Crippen LogP contribution in [-0.2, 0) is 6.54 Å². The van der Waals surface area contributed by atoms with Crippen LogP contribution >= 0.6 is 11.6 Å². The minimum atomic E-state index is -0.602. The van der Waals surface area contributed by atoms with Crippen molar-refractivity contribution in [2.75, 3.05) is 0 Å². The number of aryl methyl sites for hydroxylation is 1. The summed E-state index contributed by atoms with van der Waals surface area (Å²) in [6, 6.07) is 7.47. The average molecular weight is 268 g/mol. The molecule has 0 heterocycles. The van der Waals surface area contributed by atoms with E-state index in [9.17, 15) is 8.78 Å². The van der Waals surface area contributed by atoms with Gasteiger partial charge in [0, 0.05) is 11.6 Å². The zero-order chi connectivity index (χ0) is 13.3. The highest BCUT2D eigenvalue weighted by molar-refractivity contribution is 6.30. The Hall–Kier alpha value is -1.45. The van der Waals surface area contributed by atoms with Crippen molar-refractivity contribution in [1.29, 1.82) is 0 Å². The van der Waals surface area contributed by atoms with Gasteiger partial charge in [-0.3, -0.25) is 0 Å². The van der Waals surface area contributed by atoms with E-state index < -0.39 is 11.6 Å². The lowest BCUT2D eigenvalue weighted by Gasteiger charge is -2.12. The molecule has 0 aliphatic carbocycles. The van der Waals surface area contributed by atoms with Crippen molar-refractivity contribution in [3.05, 3.63) is 58.1 Å². The van der Waals surface area contributed by atoms with Gasteiger partial charge in [-0.15, -0.1) is 0 Å². The predicted octanol–water partition coefficient (Wildman–Crippen LogP) is 4.05. The van der Waals surface area contributed by atoms with Crippen molar-refractivity contribution in [1.82, 2.24) is 0 Å². The zero-order valence-electron chi connectivity index (χ0n) is 9.81. The van der Waals surface area contributed by atoms with E-state index in [0.717, 1.165) is 0 Å². The number of hydrogen-bond donors (Lipinski definition) is 1. The fourth-order valence-electron chi connectivity index (χ4n) is 1.88. The molecule has 0 spiro atoms. The molecule has 0 aromatic heterocycles. The van der Waals surface area contributed by atoms with Crippen molar-refractivity contribution in [2.24, 2.45) is 5.73 Å². The third-order valence-corrected chi connectivity index (χ3v) is 3.08. The van der Waals surface area contributed by atoms with Gasteiger partial charge in [-0.25, -0.2) is 8.78 Å². The van der Waals surface area contributed by atoms with Crippen LogP contribution in [0.2, 0.25) is 5.02 Å². The van der Waals surface area contributed by atoms with Crippen molar-refractivity contribution in [3.8, 4) is 11.1 Å². The number of hydrogen-bond acceptors (Lipinski definition) is 1. The third kappa shape index (κ3) is 2.24. The second-order valence-electron chi connectivity index (χ2n) is 4.06. The Kier molecular flexibility index (Phi) is 3.64. The summed E-state index contributed by atoms with van der Waals surface area (Å²) in [6.45, 7) is 1.76. The molecule has 0 saturated heterocycles. The largest absolute Gasteiger partial charge is 0.326 e. The maximum atomic E-state index is 14.1. The molecule has 0 radical (unpaired) electrons. The topological polar surface area (TPSA) is 26.0 Å². The minimum Gasteiger partial charge on any atom is -0.326 e. The Morgan fingerprint density at radius 3 is 2.56 bits per heavy atom. The van der Waals surface area contributed by atoms with Crippen LogP contribution in [0.25, 0.3) is 11.1 Å². The molecule has 0 bridgehead atoms. The second-order valence-corrected chi connectivity index (χ2v) is 4.50. The van der Waals surface area contributed by atoms with Crippen LogP contribution < -0.4 is 5.73 Å². The van der Waals surface area contributed by atoms with E-state index in [-0.39, 0.29) is 12.1 Å². The maximum absolute atomic E-state index is 14.1. The molecule has 0 fully saturated rings. The molecule has 0 amide bonds. The number of nitrogens with two attached hydrogens (primary N) is 1. The molecule has 2 N–H and O–H groups in total. The van der Waals surface area contributed by atoms with Gasteiger partial charge in [0.1, 0.15) is 11.6 Å². The summed E-state index contributed by atoms with van der Waals surface area (Å²) in [5.74, 6) is -1.16. The SMILES string of the molecule is Cc1ccc(F)c(-c2ccc(Cl)cc2CN)c1F. The third-order valence-electron chi connectivity index (χ3n) is 2.84. The van der Waals surface area contributed by atoms with E-state index in [1.165, 1.54) is 12.1 Å². The van der Waals surface area contributed by atoms with Crippen molar-refractivity contribution in [3.63, 3.8) is 0 Å². The predicted molar refractivity (Wildman–Crippen MR) is 69.4 cm³/mol. The van der Waals surface area contributed by atoms with Crippen molar-refractivity contribution in [2.45, 2.75) is 13.5 Å². The van der Waals surface area contributed by atoms with Gasteiger partial charge >= 0.3 is 0 Å². The standard InChI is InChI=1S/C14H12ClF2N/c1-8-2-5-12(16)13(14(8)17)11-4-3-10(15)6-9(11)7-18/h2-6H,7,18H2,1H3. The lowest BCUT2D eigenvalue weighted by Crippen LogP contribution is -2.02. The molecule has 2 rings (SSSR count). The number of benzene rings is 2. The van der Waals surface area contributed by atoms with E-state index in [4.69, 9.17) is 17.3 Å². The smallest absolute Gasteiger partial charge is 0.136 e. The van der Waals surface area contributed by atoms with Crippen molar-refractivity contribution >= 4 is 11.6 Å². The molecule has 2 aromatic carbocycles. The van der Waals surface area contributed by atoms with Gasteiger partial charge in [0.2, 0.25) is 0 Å². The molecular formula is C14H12ClF2N. The highest BCUT2D eigenvalue weighted by Gasteiger charge is 2.16. The van der Waals surface area contributed by atoms with Gasteiger partial charge in [0.15, 0.2) is 0 Å². The molecule has 2 aromatic rings. The van der Waals surface area contributed by atoms with E-state index in [1.54, 1.807) is 25.1 Å². The van der Waals surface area contributed by atoms with Gasteiger partial charge in [-0.1, -0.05) is 23.7 Å². The summed E-state index contributed by atoms with van der Waals surface area (Å²) in [5, 5.41) is 0.493. The Bertz CT molecular complexity index is 597. The van der Waals surface area contributed by atoms with Gasteiger partial charge in [0.05, 0.1) is 5.56 Å². The van der Waals surface area contributed by atoms with Crippen LogP contribution in [0.3, 0.4) is 0 Å². The minimum absolute atomic E-state index is 0.0490. The van der Waals surface area contributed by atoms with Gasteiger partial charge < -0.3 is 5.73 Å². The summed E-state index contributed by atoms with van der Waals surface area (Å²) in [7, 11) is 0. The van der Waals surface area contributed by atoms with Crippen LogP contribution in [0.15, 0.2) is 30.3 Å². The lowest BCUT2D eigenvalue weighted by atomic mass is 9.97. The lowest BCUT2D eigenvalue weighted by molar-refractivity contribution is 0.583. The van der Waals surface area contributed by atoms with Crippen LogP contribution in [0.5, 0.6) is 0 Å². The summed E-state index contributed by atoms with van der Waals surface area (Å²) in [6.07, 6.45) is 0. The summed E-state index contributed by atoms with van der Waals surface area (Å²) in [5.41, 5.74) is 7.00. The van der Waals surface area contributed by atoms with Crippen molar-refractivity contribution < 1.29 is 8.78 Å². The highest BCUT2D eigenvalue weighted by Crippen LogP contribution is 2.32. The number of halogens is 3. The van der Waals surface area contributed by atoms with E-state index in [1.807, 2.05) is 0 Å². The van der Waals surface area contributed by atoms with Crippen LogP contribution in [-0.4, -0.2) is 0 Å². The van der Waals surface area contributed by atoms with Crippen LogP contribution in [0, 0.1) is 18.6 Å². The Labute approximate surface area is 109 Å². The fraction of sp³-hybridized carbons (Fsp3) is 0.143. The Balaban J connectivity index is 2.73. The molecule has 0 aliphatic rings. The monoisotopic (exact) mass is 267 g/mol. The summed E-state index contributed by atoms with van der Waals surface area (Å²) >= 11 is 5.85. The fourth-order valence-corrected chi connectivity index (χ4v) is 2.07. The van der Waals surface area contributed by atoms with E-state index >= 15 is 0 Å². The maximum Gasteiger partial charge on any atom is 0.136 e. The highest BCUT2D eigenvalue weighted by atomic mass is 35.5. The molecule has 1 nitrogen and oxygen atoms in total. The van der Waals surface area contributed by atoms with Gasteiger partial charge in [-0.2, -0.15) is 0 Å². The Morgan fingerprint density at radius 1 is 1.17 bits per heavy atom. The first-order valence-electron chi connectivity index (χ1n) is 5.48. The number of rotatable bonds is 2. The normalized spacial score (nSPS) is 10.7. The van der Waals surface area contributed by atoms with Crippen LogP contribution in [0.1, 0.15) is 11.1 Å². The molecule has 0 unspecified atom stereocenters.